The number of hydrogen-bond donors (Lipinski definition) is 8. The number of allylic oxidation sites excluding steroid dienone is 4. The number of amides is 2. The molecule has 1 atom stereocenters. The summed E-state index contributed by atoms with van der Waals surface area (Å²) in [5, 5.41) is 24.8. The second kappa shape index (κ2) is 18.8. The molecule has 8 N–H and O–H groups in total. The van der Waals surface area contributed by atoms with Crippen molar-refractivity contribution in [1.29, 1.82) is 0 Å². The number of carbonyl (C=O) groups excluding carboxylic acids is 2. The van der Waals surface area contributed by atoms with Crippen molar-refractivity contribution in [2.24, 2.45) is 0 Å². The largest absolute Gasteiger partial charge is 0.478 e. The summed E-state index contributed by atoms with van der Waals surface area (Å²) in [6.07, 6.45) is 4.70. The number of nitrogens with one attached hydrogen (secondary N) is 2. The van der Waals surface area contributed by atoms with Gasteiger partial charge >= 0.3 is 11.9 Å². The van der Waals surface area contributed by atoms with E-state index in [0.717, 1.165) is 6.07 Å². The molecule has 2 aromatic rings. The molecule has 0 bridgehead atoms. The van der Waals surface area contributed by atoms with Crippen molar-refractivity contribution in [3.05, 3.63) is 81.6 Å². The van der Waals surface area contributed by atoms with E-state index in [9.17, 15) is 72.5 Å². The Morgan fingerprint density at radius 2 is 1.31 bits per heavy atom. The van der Waals surface area contributed by atoms with E-state index in [2.05, 4.69) is 10.6 Å². The number of rotatable bonds is 20. The van der Waals surface area contributed by atoms with Crippen molar-refractivity contribution in [2.75, 3.05) is 54.1 Å². The first-order chi connectivity index (χ1) is 28.5. The highest BCUT2D eigenvalue weighted by Gasteiger charge is 2.48. The molecular weight excluding hydrogens is 901 g/mol. The van der Waals surface area contributed by atoms with Crippen LogP contribution in [0.3, 0.4) is 0 Å². The molecule has 0 aromatic heterocycles. The molecule has 0 fully saturated rings. The Bertz CT molecular complexity index is 2650. The number of carboxylic acids is 2. The molecule has 21 nitrogen and oxygen atoms in total. The summed E-state index contributed by atoms with van der Waals surface area (Å²) in [6, 6.07) is 4.87. The van der Waals surface area contributed by atoms with Gasteiger partial charge < -0.3 is 30.3 Å². The van der Waals surface area contributed by atoms with Crippen molar-refractivity contribution < 1.29 is 81.6 Å². The smallest absolute Gasteiger partial charge is 0.336 e. The Kier molecular flexibility index (Phi) is 15.1. The summed E-state index contributed by atoms with van der Waals surface area (Å²) in [7, 11) is -13.4. The van der Waals surface area contributed by atoms with Crippen LogP contribution in [-0.4, -0.2) is 141 Å². The fourth-order valence-electron chi connectivity index (χ4n) is 7.63. The number of anilines is 1. The van der Waals surface area contributed by atoms with Gasteiger partial charge in [0.05, 0.1) is 45.1 Å². The van der Waals surface area contributed by atoms with E-state index in [1.54, 1.807) is 55.4 Å². The monoisotopic (exact) mass is 947 g/mol. The summed E-state index contributed by atoms with van der Waals surface area (Å²) in [4.78, 5) is 53.5. The maximum atomic E-state index is 13.8. The van der Waals surface area contributed by atoms with Crippen LogP contribution >= 0.6 is 0 Å². The molecule has 2 aromatic carbocycles. The van der Waals surface area contributed by atoms with Gasteiger partial charge in [0, 0.05) is 71.7 Å². The number of benzene rings is 2. The molecule has 1 unspecified atom stereocenters. The molecular formula is C37H47N4O17S4+. The Hall–Kier alpha value is -4.89. The summed E-state index contributed by atoms with van der Waals surface area (Å²) < 4.78 is 120. The van der Waals surface area contributed by atoms with Gasteiger partial charge in [0.25, 0.3) is 42.2 Å². The molecule has 2 aliphatic rings. The lowest BCUT2D eigenvalue weighted by Crippen LogP contribution is -2.32. The van der Waals surface area contributed by atoms with Crippen molar-refractivity contribution >= 4 is 82.3 Å². The first-order valence-corrected chi connectivity index (χ1v) is 24.7. The van der Waals surface area contributed by atoms with Crippen LogP contribution in [0, 0.1) is 0 Å². The van der Waals surface area contributed by atoms with Gasteiger partial charge in [0.15, 0.2) is 16.8 Å². The lowest BCUT2D eigenvalue weighted by atomic mass is 9.78. The highest BCUT2D eigenvalue weighted by Crippen LogP contribution is 2.50. The van der Waals surface area contributed by atoms with E-state index in [-0.39, 0.29) is 70.9 Å². The first kappa shape index (κ1) is 49.8. The minimum atomic E-state index is -4.50. The third-order valence-electron chi connectivity index (χ3n) is 10.2. The number of nitrogens with zero attached hydrogens (tertiary/aromatic N) is 2. The molecule has 0 radical (unpaired) electrons. The Balaban J connectivity index is 1.95. The molecule has 62 heavy (non-hydrogen) atoms. The first-order valence-electron chi connectivity index (χ1n) is 18.6. The normalized spacial score (nSPS) is 17.0. The second-order valence-corrected chi connectivity index (χ2v) is 21.2. The second-order valence-electron chi connectivity index (χ2n) is 15.4. The third kappa shape index (κ3) is 12.0. The molecule has 0 aliphatic carbocycles. The van der Waals surface area contributed by atoms with Crippen molar-refractivity contribution in [2.45, 2.75) is 51.4 Å². The minimum Gasteiger partial charge on any atom is -0.478 e. The highest BCUT2D eigenvalue weighted by molar-refractivity contribution is 7.86. The van der Waals surface area contributed by atoms with Gasteiger partial charge in [-0.1, -0.05) is 19.9 Å². The third-order valence-corrected chi connectivity index (χ3v) is 13.1. The van der Waals surface area contributed by atoms with Crippen LogP contribution in [0.25, 0.3) is 0 Å². The average molecular weight is 948 g/mol. The van der Waals surface area contributed by atoms with E-state index in [4.69, 9.17) is 4.55 Å². The zero-order chi connectivity index (χ0) is 46.7. The molecule has 0 spiro atoms. The van der Waals surface area contributed by atoms with Gasteiger partial charge in [0.2, 0.25) is 5.69 Å². The van der Waals surface area contributed by atoms with E-state index >= 15 is 0 Å². The van der Waals surface area contributed by atoms with Crippen LogP contribution in [0.1, 0.15) is 93.1 Å². The topological polar surface area (TPSA) is 339 Å². The number of carboxylic acid groups (broad SMARTS) is 2. The van der Waals surface area contributed by atoms with E-state index < -0.39 is 106 Å². The molecule has 2 aliphatic heterocycles. The molecule has 340 valence electrons. The van der Waals surface area contributed by atoms with E-state index in [1.807, 2.05) is 0 Å². The zero-order valence-electron chi connectivity index (χ0n) is 33.8. The van der Waals surface area contributed by atoms with Gasteiger partial charge in [-0.3, -0.25) is 23.2 Å². The van der Waals surface area contributed by atoms with Crippen LogP contribution in [0.4, 0.5) is 11.4 Å². The lowest BCUT2D eigenvalue weighted by molar-refractivity contribution is -0.437. The fourth-order valence-corrected chi connectivity index (χ4v) is 9.22. The fraction of sp³-hybridized carbons (Fsp3) is 0.432. The predicted molar refractivity (Wildman–Crippen MR) is 226 cm³/mol. The van der Waals surface area contributed by atoms with Crippen LogP contribution in [-0.2, 0) is 52.3 Å². The van der Waals surface area contributed by atoms with E-state index in [1.165, 1.54) is 18.2 Å². The summed E-state index contributed by atoms with van der Waals surface area (Å²) in [6.45, 7) is 5.65. The van der Waals surface area contributed by atoms with Gasteiger partial charge in [-0.2, -0.15) is 29.8 Å². The summed E-state index contributed by atoms with van der Waals surface area (Å²) >= 11 is -2.23. The van der Waals surface area contributed by atoms with Gasteiger partial charge in [-0.25, -0.2) is 13.8 Å². The minimum absolute atomic E-state index is 0.0231. The van der Waals surface area contributed by atoms with Crippen LogP contribution in [0.5, 0.6) is 0 Å². The van der Waals surface area contributed by atoms with Crippen molar-refractivity contribution in [1.82, 2.24) is 10.6 Å². The van der Waals surface area contributed by atoms with Crippen molar-refractivity contribution in [3.63, 3.8) is 0 Å². The van der Waals surface area contributed by atoms with Crippen LogP contribution in [0.15, 0.2) is 48.2 Å². The number of carbonyl (C=O) groups is 4. The van der Waals surface area contributed by atoms with E-state index in [0.29, 0.717) is 17.0 Å². The Morgan fingerprint density at radius 1 is 0.742 bits per heavy atom. The maximum Gasteiger partial charge on any atom is 0.336 e. The molecule has 4 rings (SSSR count). The molecule has 2 heterocycles. The molecule has 25 heteroatoms. The van der Waals surface area contributed by atoms with Crippen LogP contribution in [0.2, 0.25) is 0 Å². The predicted octanol–water partition coefficient (Wildman–Crippen LogP) is 1.82. The zero-order valence-corrected chi connectivity index (χ0v) is 37.1. The number of fused-ring (bicyclic) bond motifs is 2. The highest BCUT2D eigenvalue weighted by atomic mass is 32.2. The quantitative estimate of drug-likeness (QED) is 0.0533. The van der Waals surface area contributed by atoms with Gasteiger partial charge in [-0.05, 0) is 44.5 Å². The molecule has 2 amide bonds. The maximum absolute atomic E-state index is 13.8. The van der Waals surface area contributed by atoms with Gasteiger partial charge in [0.1, 0.15) is 6.54 Å². The molecule has 0 saturated heterocycles. The summed E-state index contributed by atoms with van der Waals surface area (Å²) in [5.41, 5.74) is -1.48. The standard InChI is InChI=1S/C37H46N4O17S4/c1-36(2)28(8-5-9-29-37(3,4)31-25(35(46)47)19-23(34(44)45)21-27(31)41(29)13-7-15-60(50,51)52)40(12-6-14-59(48)49)26-20-22(32(42)38-10-16-61(53,54)55)18-24(30(26)36)33(43)39-11-17-62(56,57)58/h5,8-9,18-21H,6-7,10-17H2,1-4H3,(H7-,38,39,42,43,44,45,46,47,48,49,50,51,52,53,54,55,56,57,58)/p+1. The number of hydrogen-bond acceptors (Lipinski definition) is 12. The average Bonchev–Trinajstić information content (AvgIpc) is 3.47. The number of aromatic carboxylic acids is 2. The SMILES string of the molecule is CC1(C)C(/C=C/C=C2/N(CCCS(=O)O)c3cc(C(=O)NCCS(=O)(=O)O)cc(C(=O)NCCS(=O)(=O)O)c3C2(C)C)=[N+](CCCS(=O)(=O)O)c2cc(C(=O)O)cc(C(=O)O)c21. The Morgan fingerprint density at radius 3 is 1.84 bits per heavy atom. The van der Waals surface area contributed by atoms with Crippen LogP contribution < -0.4 is 15.5 Å². The summed E-state index contributed by atoms with van der Waals surface area (Å²) in [5.74, 6) is -7.11. The Labute approximate surface area is 360 Å². The van der Waals surface area contributed by atoms with Gasteiger partial charge in [-0.15, -0.1) is 0 Å². The lowest BCUT2D eigenvalue weighted by Gasteiger charge is -2.27. The molecule has 0 saturated carbocycles. The van der Waals surface area contributed by atoms with Crippen molar-refractivity contribution in [3.8, 4) is 0 Å².